The first kappa shape index (κ1) is 22.8. The third-order valence-corrected chi connectivity index (χ3v) is 6.71. The molecule has 2 aromatic carbocycles. The summed E-state index contributed by atoms with van der Waals surface area (Å²) in [5, 5.41) is 13.6. The number of nitrogens with one attached hydrogen (secondary N) is 1. The molecule has 1 aliphatic rings. The molecule has 2 aromatic heterocycles. The Morgan fingerprint density at radius 2 is 1.80 bits per heavy atom. The van der Waals surface area contributed by atoms with Gasteiger partial charge in [0.05, 0.1) is 17.3 Å². The molecular weight excluding hydrogens is 456 g/mol. The number of aromatic carboxylic acids is 1. The summed E-state index contributed by atoms with van der Waals surface area (Å²) in [5.74, 6) is -0.522. The van der Waals surface area contributed by atoms with Gasteiger partial charge in [0, 0.05) is 29.5 Å². The minimum atomic E-state index is -0.956. The predicted octanol–water partition coefficient (Wildman–Crippen LogP) is 5.87. The number of nitrogens with zero attached hydrogens (tertiary/aromatic N) is 3. The van der Waals surface area contributed by atoms with Crippen LogP contribution >= 0.6 is 12.2 Å². The van der Waals surface area contributed by atoms with Gasteiger partial charge in [-0.05, 0) is 78.3 Å². The van der Waals surface area contributed by atoms with Gasteiger partial charge in [-0.25, -0.2) is 4.79 Å². The Morgan fingerprint density at radius 3 is 2.49 bits per heavy atom. The molecule has 0 bridgehead atoms. The van der Waals surface area contributed by atoms with Gasteiger partial charge in [-0.3, -0.25) is 4.98 Å². The number of hydrogen-bond donors (Lipinski definition) is 2. The van der Waals surface area contributed by atoms with Crippen LogP contribution in [0.1, 0.15) is 59.2 Å². The lowest BCUT2D eigenvalue weighted by atomic mass is 9.99. The summed E-state index contributed by atoms with van der Waals surface area (Å²) < 4.78 is 2.03. The highest BCUT2D eigenvalue weighted by Gasteiger charge is 2.42. The summed E-state index contributed by atoms with van der Waals surface area (Å²) in [4.78, 5) is 18.4. The molecule has 6 nitrogen and oxygen atoms in total. The first-order chi connectivity index (χ1) is 16.9. The van der Waals surface area contributed by atoms with Crippen molar-refractivity contribution in [2.24, 2.45) is 0 Å². The van der Waals surface area contributed by atoms with Crippen LogP contribution < -0.4 is 10.2 Å². The summed E-state index contributed by atoms with van der Waals surface area (Å²) in [5.41, 5.74) is 5.12. The van der Waals surface area contributed by atoms with Crippen molar-refractivity contribution in [1.82, 2.24) is 14.9 Å². The lowest BCUT2D eigenvalue weighted by molar-refractivity contribution is 0.0697. The Bertz CT molecular complexity index is 1370. The van der Waals surface area contributed by atoms with Gasteiger partial charge in [-0.15, -0.1) is 0 Å². The van der Waals surface area contributed by atoms with Crippen LogP contribution in [-0.2, 0) is 0 Å². The lowest BCUT2D eigenvalue weighted by Crippen LogP contribution is -2.30. The van der Waals surface area contributed by atoms with E-state index >= 15 is 0 Å². The molecule has 3 heterocycles. The number of anilines is 1. The maximum atomic E-state index is 11.6. The van der Waals surface area contributed by atoms with Crippen molar-refractivity contribution in [3.05, 3.63) is 114 Å². The van der Waals surface area contributed by atoms with Gasteiger partial charge in [0.15, 0.2) is 5.11 Å². The van der Waals surface area contributed by atoms with Crippen LogP contribution in [0.25, 0.3) is 5.69 Å². The fourth-order valence-corrected chi connectivity index (χ4v) is 4.96. The van der Waals surface area contributed by atoms with Gasteiger partial charge in [0.1, 0.15) is 6.04 Å². The van der Waals surface area contributed by atoms with Gasteiger partial charge in [0.2, 0.25) is 0 Å². The largest absolute Gasteiger partial charge is 0.478 e. The number of aromatic nitrogens is 2. The van der Waals surface area contributed by atoms with Crippen molar-refractivity contribution < 1.29 is 9.90 Å². The van der Waals surface area contributed by atoms with Crippen molar-refractivity contribution in [3.63, 3.8) is 0 Å². The summed E-state index contributed by atoms with van der Waals surface area (Å²) in [7, 11) is 0. The van der Waals surface area contributed by atoms with Gasteiger partial charge in [-0.2, -0.15) is 0 Å². The highest BCUT2D eigenvalue weighted by molar-refractivity contribution is 7.80. The minimum Gasteiger partial charge on any atom is -0.478 e. The zero-order chi connectivity index (χ0) is 24.5. The minimum absolute atomic E-state index is 0.190. The van der Waals surface area contributed by atoms with Crippen LogP contribution in [0.15, 0.2) is 91.3 Å². The number of benzene rings is 2. The van der Waals surface area contributed by atoms with E-state index in [0.29, 0.717) is 11.0 Å². The molecule has 5 rings (SSSR count). The topological polar surface area (TPSA) is 70.4 Å². The number of hydrogen-bond acceptors (Lipinski definition) is 3. The number of carboxylic acids is 1. The van der Waals surface area contributed by atoms with Crippen LogP contribution in [0.4, 0.5) is 5.69 Å². The molecule has 7 heteroatoms. The Balaban J connectivity index is 1.64. The summed E-state index contributed by atoms with van der Waals surface area (Å²) in [6.07, 6.45) is 3.74. The highest BCUT2D eigenvalue weighted by atomic mass is 32.1. The van der Waals surface area contributed by atoms with Crippen molar-refractivity contribution >= 4 is 29.0 Å². The fourth-order valence-electron chi connectivity index (χ4n) is 4.61. The molecule has 0 aliphatic carbocycles. The number of rotatable bonds is 6. The molecule has 0 spiro atoms. The van der Waals surface area contributed by atoms with Gasteiger partial charge >= 0.3 is 5.97 Å². The molecule has 1 aliphatic heterocycles. The normalized spacial score (nSPS) is 17.6. The molecule has 2 N–H and O–H groups in total. The summed E-state index contributed by atoms with van der Waals surface area (Å²) in [6.45, 7) is 4.35. The Labute approximate surface area is 209 Å². The zero-order valence-electron chi connectivity index (χ0n) is 19.5. The number of pyridine rings is 1. The van der Waals surface area contributed by atoms with Crippen molar-refractivity contribution in [1.29, 1.82) is 0 Å². The predicted molar refractivity (Wildman–Crippen MR) is 141 cm³/mol. The van der Waals surface area contributed by atoms with Crippen LogP contribution in [0.5, 0.6) is 0 Å². The third-order valence-electron chi connectivity index (χ3n) is 6.39. The SMILES string of the molecule is CC(C)c1ccc(N2C(=S)NC(c3ccccn3)C2c2cccn2-c2cccc(C(=O)O)c2)cc1. The molecular formula is C28H26N4O2S. The van der Waals surface area contributed by atoms with Gasteiger partial charge in [-0.1, -0.05) is 38.1 Å². The van der Waals surface area contributed by atoms with Crippen LogP contribution in [-0.4, -0.2) is 25.7 Å². The average Bonchev–Trinajstić information content (AvgIpc) is 3.49. The van der Waals surface area contributed by atoms with Gasteiger partial charge < -0.3 is 19.9 Å². The molecule has 0 radical (unpaired) electrons. The Hall–Kier alpha value is -3.97. The smallest absolute Gasteiger partial charge is 0.335 e. The molecule has 176 valence electrons. The molecule has 1 saturated heterocycles. The highest BCUT2D eigenvalue weighted by Crippen LogP contribution is 2.42. The standard InChI is InChI=1S/C28H26N4O2S/c1-18(2)19-11-13-21(14-12-19)32-26(25(30-28(32)35)23-9-3-4-15-29-23)24-10-6-16-31(24)22-8-5-7-20(17-22)27(33)34/h3-18,25-26H,1-2H3,(H,30,35)(H,33,34). The quantitative estimate of drug-likeness (QED) is 0.335. The molecule has 1 fully saturated rings. The van der Waals surface area contributed by atoms with E-state index in [1.54, 1.807) is 24.4 Å². The second-order valence-corrected chi connectivity index (χ2v) is 9.29. The molecule has 4 aromatic rings. The van der Waals surface area contributed by atoms with Crippen LogP contribution in [0.3, 0.4) is 0 Å². The average molecular weight is 483 g/mol. The van der Waals surface area contributed by atoms with E-state index in [4.69, 9.17) is 12.2 Å². The second kappa shape index (κ2) is 9.35. The van der Waals surface area contributed by atoms with Gasteiger partial charge in [0.25, 0.3) is 0 Å². The van der Waals surface area contributed by atoms with E-state index < -0.39 is 5.97 Å². The Morgan fingerprint density at radius 1 is 1.00 bits per heavy atom. The van der Waals surface area contributed by atoms with E-state index in [1.165, 1.54) is 5.56 Å². The molecule has 0 amide bonds. The molecule has 0 saturated carbocycles. The molecule has 2 atom stereocenters. The third kappa shape index (κ3) is 4.31. The van der Waals surface area contributed by atoms with Crippen molar-refractivity contribution in [2.45, 2.75) is 31.8 Å². The van der Waals surface area contributed by atoms with Crippen LogP contribution in [0, 0.1) is 0 Å². The van der Waals surface area contributed by atoms with E-state index in [0.717, 1.165) is 22.8 Å². The van der Waals surface area contributed by atoms with Crippen molar-refractivity contribution in [3.8, 4) is 5.69 Å². The van der Waals surface area contributed by atoms with E-state index in [2.05, 4.69) is 59.4 Å². The van der Waals surface area contributed by atoms with Crippen LogP contribution in [0.2, 0.25) is 0 Å². The maximum Gasteiger partial charge on any atom is 0.335 e. The van der Waals surface area contributed by atoms with E-state index in [-0.39, 0.29) is 17.6 Å². The number of carbonyl (C=O) groups is 1. The van der Waals surface area contributed by atoms with E-state index in [1.807, 2.05) is 41.1 Å². The summed E-state index contributed by atoms with van der Waals surface area (Å²) in [6, 6.07) is 25.0. The Kier molecular flexibility index (Phi) is 6.09. The number of carboxylic acid groups (broad SMARTS) is 1. The lowest BCUT2D eigenvalue weighted by Gasteiger charge is -2.29. The second-order valence-electron chi connectivity index (χ2n) is 8.90. The first-order valence-corrected chi connectivity index (χ1v) is 12.0. The molecule has 2 unspecified atom stereocenters. The maximum absolute atomic E-state index is 11.6. The van der Waals surface area contributed by atoms with Crippen molar-refractivity contribution in [2.75, 3.05) is 4.90 Å². The summed E-state index contributed by atoms with van der Waals surface area (Å²) >= 11 is 5.85. The fraction of sp³-hybridized carbons (Fsp3) is 0.179. The molecule has 35 heavy (non-hydrogen) atoms. The van der Waals surface area contributed by atoms with E-state index in [9.17, 15) is 9.90 Å². The first-order valence-electron chi connectivity index (χ1n) is 11.6. The number of thiocarbonyl (C=S) groups is 1. The zero-order valence-corrected chi connectivity index (χ0v) is 20.3. The monoisotopic (exact) mass is 482 g/mol.